The van der Waals surface area contributed by atoms with Crippen molar-refractivity contribution in [3.63, 3.8) is 0 Å². The number of methoxy groups -OCH3 is 1. The molecular formula is C24H31N3O4. The molecule has 0 heterocycles. The normalized spacial score (nSPS) is 11.5. The van der Waals surface area contributed by atoms with Crippen molar-refractivity contribution in [3.8, 4) is 0 Å². The fraction of sp³-hybridized carbons (Fsp3) is 0.375. The molecular weight excluding hydrogens is 394 g/mol. The van der Waals surface area contributed by atoms with E-state index in [1.807, 2.05) is 56.3 Å². The molecule has 0 fully saturated rings. The minimum absolute atomic E-state index is 0.134. The molecule has 3 amide bonds. The number of carbonyl (C=O) groups excluding carboxylic acids is 3. The summed E-state index contributed by atoms with van der Waals surface area (Å²) in [4.78, 5) is 39.2. The van der Waals surface area contributed by atoms with Crippen LogP contribution in [0.5, 0.6) is 0 Å². The first-order valence-corrected chi connectivity index (χ1v) is 10.4. The first kappa shape index (κ1) is 24.1. The summed E-state index contributed by atoms with van der Waals surface area (Å²) in [5.41, 5.74) is 2.67. The summed E-state index contributed by atoms with van der Waals surface area (Å²) >= 11 is 0. The van der Waals surface area contributed by atoms with E-state index >= 15 is 0 Å². The Kier molecular flexibility index (Phi) is 9.71. The van der Waals surface area contributed by atoms with Crippen LogP contribution in [0, 0.1) is 6.92 Å². The molecule has 0 aliphatic heterocycles. The van der Waals surface area contributed by atoms with Crippen molar-refractivity contribution in [3.05, 3.63) is 65.7 Å². The summed E-state index contributed by atoms with van der Waals surface area (Å²) in [6, 6.07) is 16.9. The molecule has 0 saturated heterocycles. The van der Waals surface area contributed by atoms with Crippen LogP contribution in [0.4, 0.5) is 5.69 Å². The summed E-state index contributed by atoms with van der Waals surface area (Å²) < 4.78 is 5.11. The standard InChI is InChI=1S/C24H31N3O4/c1-4-21(19-8-6-5-7-9-19)24(30)27(14-15-31-3)17-23(29)25-16-22(28)26-20-12-10-18(2)11-13-20/h5-13,21H,4,14-17H2,1-3H3,(H,25,29)(H,26,28)/t21-/m1/s1. The Morgan fingerprint density at radius 3 is 2.29 bits per heavy atom. The third-order valence-electron chi connectivity index (χ3n) is 4.90. The lowest BCUT2D eigenvalue weighted by Gasteiger charge is -2.26. The predicted octanol–water partition coefficient (Wildman–Crippen LogP) is 2.72. The van der Waals surface area contributed by atoms with Crippen molar-refractivity contribution in [2.75, 3.05) is 38.7 Å². The fourth-order valence-electron chi connectivity index (χ4n) is 3.18. The molecule has 1 atom stereocenters. The molecule has 0 aliphatic rings. The zero-order valence-corrected chi connectivity index (χ0v) is 18.4. The minimum Gasteiger partial charge on any atom is -0.383 e. The van der Waals surface area contributed by atoms with E-state index in [1.54, 1.807) is 19.2 Å². The molecule has 166 valence electrons. The summed E-state index contributed by atoms with van der Waals surface area (Å²) in [6.45, 7) is 4.21. The smallest absolute Gasteiger partial charge is 0.243 e. The molecule has 2 aromatic carbocycles. The van der Waals surface area contributed by atoms with Crippen LogP contribution < -0.4 is 10.6 Å². The maximum Gasteiger partial charge on any atom is 0.243 e. The number of anilines is 1. The predicted molar refractivity (Wildman–Crippen MR) is 121 cm³/mol. The number of aryl methyl sites for hydroxylation is 1. The Labute approximate surface area is 183 Å². The van der Waals surface area contributed by atoms with Gasteiger partial charge < -0.3 is 20.3 Å². The van der Waals surface area contributed by atoms with E-state index in [9.17, 15) is 14.4 Å². The number of ether oxygens (including phenoxy) is 1. The second kappa shape index (κ2) is 12.5. The van der Waals surface area contributed by atoms with Gasteiger partial charge in [-0.1, -0.05) is 55.0 Å². The molecule has 0 unspecified atom stereocenters. The van der Waals surface area contributed by atoms with E-state index in [0.717, 1.165) is 11.1 Å². The molecule has 2 rings (SSSR count). The number of rotatable bonds is 11. The summed E-state index contributed by atoms with van der Waals surface area (Å²) in [6.07, 6.45) is 0.618. The van der Waals surface area contributed by atoms with Crippen LogP contribution in [0.25, 0.3) is 0 Å². The van der Waals surface area contributed by atoms with Gasteiger partial charge in [0, 0.05) is 19.3 Å². The number of hydrogen-bond donors (Lipinski definition) is 2. The molecule has 0 radical (unpaired) electrons. The Morgan fingerprint density at radius 1 is 1.00 bits per heavy atom. The lowest BCUT2D eigenvalue weighted by molar-refractivity contribution is -0.138. The lowest BCUT2D eigenvalue weighted by atomic mass is 9.95. The van der Waals surface area contributed by atoms with Crippen molar-refractivity contribution in [1.82, 2.24) is 10.2 Å². The highest BCUT2D eigenvalue weighted by Gasteiger charge is 2.26. The average molecular weight is 426 g/mol. The Bertz CT molecular complexity index is 853. The van der Waals surface area contributed by atoms with Crippen molar-refractivity contribution < 1.29 is 19.1 Å². The van der Waals surface area contributed by atoms with Gasteiger partial charge in [-0.25, -0.2) is 0 Å². The van der Waals surface area contributed by atoms with Crippen LogP contribution in [0.2, 0.25) is 0 Å². The molecule has 0 saturated carbocycles. The first-order chi connectivity index (χ1) is 14.9. The van der Waals surface area contributed by atoms with Crippen LogP contribution in [-0.4, -0.2) is 56.0 Å². The molecule has 0 aliphatic carbocycles. The second-order valence-electron chi connectivity index (χ2n) is 7.32. The maximum atomic E-state index is 13.1. The molecule has 2 N–H and O–H groups in total. The van der Waals surface area contributed by atoms with Gasteiger partial charge in [0.25, 0.3) is 0 Å². The highest BCUT2D eigenvalue weighted by molar-refractivity contribution is 5.95. The molecule has 2 aromatic rings. The van der Waals surface area contributed by atoms with Crippen molar-refractivity contribution in [2.24, 2.45) is 0 Å². The number of amides is 3. The van der Waals surface area contributed by atoms with E-state index in [0.29, 0.717) is 25.3 Å². The number of hydrogen-bond acceptors (Lipinski definition) is 4. The van der Waals surface area contributed by atoms with Crippen molar-refractivity contribution >= 4 is 23.4 Å². The van der Waals surface area contributed by atoms with Crippen molar-refractivity contribution in [2.45, 2.75) is 26.2 Å². The topological polar surface area (TPSA) is 87.7 Å². The van der Waals surface area contributed by atoms with Gasteiger partial charge in [0.1, 0.15) is 0 Å². The molecule has 0 aromatic heterocycles. The zero-order valence-electron chi connectivity index (χ0n) is 18.4. The van der Waals surface area contributed by atoms with Crippen LogP contribution >= 0.6 is 0 Å². The zero-order chi connectivity index (χ0) is 22.6. The molecule has 0 spiro atoms. The lowest BCUT2D eigenvalue weighted by Crippen LogP contribution is -2.45. The van der Waals surface area contributed by atoms with Crippen molar-refractivity contribution in [1.29, 1.82) is 0 Å². The SMILES string of the molecule is CC[C@@H](C(=O)N(CCOC)CC(=O)NCC(=O)Nc1ccc(C)cc1)c1ccccc1. The largest absolute Gasteiger partial charge is 0.383 e. The summed E-state index contributed by atoms with van der Waals surface area (Å²) in [5, 5.41) is 5.32. The first-order valence-electron chi connectivity index (χ1n) is 10.4. The highest BCUT2D eigenvalue weighted by Crippen LogP contribution is 2.22. The van der Waals surface area contributed by atoms with Gasteiger partial charge in [-0.2, -0.15) is 0 Å². The van der Waals surface area contributed by atoms with Gasteiger partial charge in [-0.15, -0.1) is 0 Å². The van der Waals surface area contributed by atoms with Gasteiger partial charge in [0.2, 0.25) is 17.7 Å². The van der Waals surface area contributed by atoms with Gasteiger partial charge in [-0.05, 0) is 31.0 Å². The molecule has 7 nitrogen and oxygen atoms in total. The van der Waals surface area contributed by atoms with Crippen LogP contribution in [0.1, 0.15) is 30.4 Å². The van der Waals surface area contributed by atoms with Gasteiger partial charge in [-0.3, -0.25) is 14.4 Å². The summed E-state index contributed by atoms with van der Waals surface area (Å²) in [7, 11) is 1.55. The van der Waals surface area contributed by atoms with E-state index in [-0.39, 0.29) is 30.8 Å². The number of benzene rings is 2. The van der Waals surface area contributed by atoms with Gasteiger partial charge in [0.05, 0.1) is 25.6 Å². The van der Waals surface area contributed by atoms with E-state index in [1.165, 1.54) is 4.90 Å². The fourth-order valence-corrected chi connectivity index (χ4v) is 3.18. The third kappa shape index (κ3) is 7.86. The molecule has 31 heavy (non-hydrogen) atoms. The van der Waals surface area contributed by atoms with Crippen LogP contribution in [0.15, 0.2) is 54.6 Å². The quantitative estimate of drug-likeness (QED) is 0.580. The number of carbonyl (C=O) groups is 3. The second-order valence-corrected chi connectivity index (χ2v) is 7.32. The molecule has 0 bridgehead atoms. The Morgan fingerprint density at radius 2 is 1.68 bits per heavy atom. The number of nitrogens with zero attached hydrogens (tertiary/aromatic N) is 1. The number of nitrogens with one attached hydrogen (secondary N) is 2. The maximum absolute atomic E-state index is 13.1. The monoisotopic (exact) mass is 425 g/mol. The molecule has 7 heteroatoms. The minimum atomic E-state index is -0.397. The van der Waals surface area contributed by atoms with Gasteiger partial charge >= 0.3 is 0 Å². The Balaban J connectivity index is 1.94. The van der Waals surface area contributed by atoms with E-state index in [4.69, 9.17) is 4.74 Å². The van der Waals surface area contributed by atoms with Crippen LogP contribution in [0.3, 0.4) is 0 Å². The van der Waals surface area contributed by atoms with Crippen LogP contribution in [-0.2, 0) is 19.1 Å². The average Bonchev–Trinajstić information content (AvgIpc) is 2.78. The highest BCUT2D eigenvalue weighted by atomic mass is 16.5. The Hall–Kier alpha value is -3.19. The third-order valence-corrected chi connectivity index (χ3v) is 4.90. The van der Waals surface area contributed by atoms with E-state index in [2.05, 4.69) is 10.6 Å². The van der Waals surface area contributed by atoms with Gasteiger partial charge in [0.15, 0.2) is 0 Å². The van der Waals surface area contributed by atoms with E-state index < -0.39 is 5.91 Å². The summed E-state index contributed by atoms with van der Waals surface area (Å²) in [5.74, 6) is -1.20.